The highest BCUT2D eigenvalue weighted by Crippen LogP contribution is 2.16. The Morgan fingerprint density at radius 1 is 1.05 bits per heavy atom. The van der Waals surface area contributed by atoms with Crippen LogP contribution in [0.2, 0.25) is 0 Å². The molecule has 0 amide bonds. The Balaban J connectivity index is 1.99. The van der Waals surface area contributed by atoms with E-state index in [-0.39, 0.29) is 6.73 Å². The number of hydrogen-bond acceptors (Lipinski definition) is 2. The minimum atomic E-state index is -0.0528. The van der Waals surface area contributed by atoms with Crippen molar-refractivity contribution in [1.82, 2.24) is 9.55 Å². The summed E-state index contributed by atoms with van der Waals surface area (Å²) in [5.74, 6) is 0. The van der Waals surface area contributed by atoms with E-state index in [9.17, 15) is 5.11 Å². The van der Waals surface area contributed by atoms with Gasteiger partial charge in [0, 0.05) is 12.4 Å². The van der Waals surface area contributed by atoms with Gasteiger partial charge in [-0.25, -0.2) is 0 Å². The molecule has 0 aliphatic heterocycles. The summed E-state index contributed by atoms with van der Waals surface area (Å²) in [6, 6.07) is 20.5. The first-order chi connectivity index (χ1) is 10.9. The third-order valence-electron chi connectivity index (χ3n) is 3.59. The highest BCUT2D eigenvalue weighted by molar-refractivity contribution is 6.73. The van der Waals surface area contributed by atoms with Crippen molar-refractivity contribution < 1.29 is 5.11 Å². The van der Waals surface area contributed by atoms with Crippen LogP contribution >= 0.6 is 0 Å². The predicted octanol–water partition coefficient (Wildman–Crippen LogP) is 2.09. The minimum absolute atomic E-state index is 0.0528. The lowest BCUT2D eigenvalue weighted by molar-refractivity contribution is 0.213. The topological polar surface area (TPSA) is 38.0 Å². The van der Waals surface area contributed by atoms with Gasteiger partial charge in [-0.3, -0.25) is 4.98 Å². The molecule has 0 aliphatic rings. The number of aromatic nitrogens is 2. The molecule has 0 radical (unpaired) electrons. The maximum atomic E-state index is 9.38. The summed E-state index contributed by atoms with van der Waals surface area (Å²) in [6.45, 7) is -0.0528. The van der Waals surface area contributed by atoms with Crippen LogP contribution in [0.15, 0.2) is 73.1 Å². The standard InChI is InChI=1S/C18H17BN2O/c22-14-21-12-11-20-18(21)19-17(16-9-5-2-6-10-16)13-15-7-3-1-4-8-15/h1-13,19,22H,14H2. The van der Waals surface area contributed by atoms with Gasteiger partial charge in [-0.05, 0) is 11.1 Å². The summed E-state index contributed by atoms with van der Waals surface area (Å²) in [5, 5.41) is 9.38. The van der Waals surface area contributed by atoms with Crippen molar-refractivity contribution in [1.29, 1.82) is 0 Å². The SMILES string of the molecule is OCn1ccnc1BC(=Cc1ccccc1)c1ccccc1. The maximum absolute atomic E-state index is 9.38. The van der Waals surface area contributed by atoms with Crippen LogP contribution in [0.3, 0.4) is 0 Å². The second-order valence-corrected chi connectivity index (χ2v) is 5.08. The number of aliphatic hydroxyl groups is 1. The van der Waals surface area contributed by atoms with Gasteiger partial charge in [0.2, 0.25) is 7.28 Å². The van der Waals surface area contributed by atoms with Crippen molar-refractivity contribution in [3.05, 3.63) is 84.2 Å². The molecule has 2 aromatic carbocycles. The molecule has 3 nitrogen and oxygen atoms in total. The Labute approximate surface area is 130 Å². The highest BCUT2D eigenvalue weighted by Gasteiger charge is 2.10. The number of imidazole rings is 1. The summed E-state index contributed by atoms with van der Waals surface area (Å²) in [5.41, 5.74) is 4.35. The molecular weight excluding hydrogens is 271 g/mol. The molecule has 0 unspecified atom stereocenters. The molecule has 0 atom stereocenters. The van der Waals surface area contributed by atoms with E-state index in [0.717, 1.165) is 11.3 Å². The van der Waals surface area contributed by atoms with E-state index < -0.39 is 0 Å². The quantitative estimate of drug-likeness (QED) is 0.576. The number of aliphatic hydroxyl groups excluding tert-OH is 1. The molecule has 0 bridgehead atoms. The van der Waals surface area contributed by atoms with Crippen LogP contribution in [0.1, 0.15) is 11.1 Å². The summed E-state index contributed by atoms with van der Waals surface area (Å²) < 4.78 is 1.75. The Bertz CT molecular complexity index is 751. The summed E-state index contributed by atoms with van der Waals surface area (Å²) in [4.78, 5) is 4.36. The van der Waals surface area contributed by atoms with Crippen LogP contribution in [0.5, 0.6) is 0 Å². The van der Waals surface area contributed by atoms with Gasteiger partial charge in [0.25, 0.3) is 0 Å². The fourth-order valence-electron chi connectivity index (χ4n) is 2.45. The van der Waals surface area contributed by atoms with E-state index in [1.807, 2.05) is 36.4 Å². The zero-order valence-electron chi connectivity index (χ0n) is 12.3. The Kier molecular flexibility index (Phi) is 4.51. The number of benzene rings is 2. The zero-order chi connectivity index (χ0) is 15.2. The fraction of sp³-hybridized carbons (Fsp3) is 0.0556. The smallest absolute Gasteiger partial charge is 0.239 e. The molecule has 0 aliphatic carbocycles. The maximum Gasteiger partial charge on any atom is 0.239 e. The molecule has 0 saturated heterocycles. The monoisotopic (exact) mass is 288 g/mol. The van der Waals surface area contributed by atoms with Crippen molar-refractivity contribution >= 4 is 24.6 Å². The Morgan fingerprint density at radius 2 is 1.73 bits per heavy atom. The van der Waals surface area contributed by atoms with Crippen molar-refractivity contribution in [2.75, 3.05) is 0 Å². The van der Waals surface area contributed by atoms with Gasteiger partial charge in [0.1, 0.15) is 6.73 Å². The average Bonchev–Trinajstić information content (AvgIpc) is 3.03. The summed E-state index contributed by atoms with van der Waals surface area (Å²) in [6.07, 6.45) is 5.68. The van der Waals surface area contributed by atoms with Gasteiger partial charge in [-0.15, -0.1) is 0 Å². The molecule has 3 rings (SSSR count). The first-order valence-corrected chi connectivity index (χ1v) is 7.29. The van der Waals surface area contributed by atoms with Gasteiger partial charge < -0.3 is 9.67 Å². The van der Waals surface area contributed by atoms with Crippen LogP contribution in [-0.2, 0) is 6.73 Å². The molecule has 108 valence electrons. The average molecular weight is 288 g/mol. The summed E-state index contributed by atoms with van der Waals surface area (Å²) >= 11 is 0. The minimum Gasteiger partial charge on any atom is -0.376 e. The van der Waals surface area contributed by atoms with E-state index in [4.69, 9.17) is 0 Å². The molecule has 1 aromatic heterocycles. The third kappa shape index (κ3) is 3.35. The second-order valence-electron chi connectivity index (χ2n) is 5.08. The molecule has 4 heteroatoms. The normalized spacial score (nSPS) is 11.4. The van der Waals surface area contributed by atoms with Gasteiger partial charge in [-0.1, -0.05) is 72.2 Å². The predicted molar refractivity (Wildman–Crippen MR) is 92.0 cm³/mol. The second kappa shape index (κ2) is 6.92. The van der Waals surface area contributed by atoms with Crippen molar-refractivity contribution in [2.24, 2.45) is 0 Å². The third-order valence-corrected chi connectivity index (χ3v) is 3.59. The molecule has 0 fully saturated rings. The molecule has 1 N–H and O–H groups in total. The van der Waals surface area contributed by atoms with E-state index in [0.29, 0.717) is 7.28 Å². The number of hydrogen-bond donors (Lipinski definition) is 1. The van der Waals surface area contributed by atoms with Gasteiger partial charge in [0.05, 0.1) is 5.72 Å². The highest BCUT2D eigenvalue weighted by atomic mass is 16.3. The Hall–Kier alpha value is -2.59. The van der Waals surface area contributed by atoms with E-state index in [2.05, 4.69) is 35.3 Å². The van der Waals surface area contributed by atoms with Crippen molar-refractivity contribution in [3.8, 4) is 0 Å². The molecule has 0 spiro atoms. The first-order valence-electron chi connectivity index (χ1n) is 7.29. The lowest BCUT2D eigenvalue weighted by Gasteiger charge is -2.08. The largest absolute Gasteiger partial charge is 0.376 e. The van der Waals surface area contributed by atoms with Gasteiger partial charge in [-0.2, -0.15) is 0 Å². The zero-order valence-corrected chi connectivity index (χ0v) is 12.3. The fourth-order valence-corrected chi connectivity index (χ4v) is 2.45. The first kappa shape index (κ1) is 14.4. The Morgan fingerprint density at radius 3 is 2.41 bits per heavy atom. The molecule has 3 aromatic rings. The van der Waals surface area contributed by atoms with Gasteiger partial charge >= 0.3 is 0 Å². The van der Waals surface area contributed by atoms with Crippen LogP contribution in [0, 0.1) is 0 Å². The van der Waals surface area contributed by atoms with E-state index >= 15 is 0 Å². The van der Waals surface area contributed by atoms with Crippen LogP contribution in [0.25, 0.3) is 11.5 Å². The number of rotatable bonds is 5. The van der Waals surface area contributed by atoms with E-state index in [1.54, 1.807) is 17.0 Å². The summed E-state index contributed by atoms with van der Waals surface area (Å²) in [7, 11) is 0.673. The van der Waals surface area contributed by atoms with E-state index in [1.165, 1.54) is 11.0 Å². The van der Waals surface area contributed by atoms with Gasteiger partial charge in [0.15, 0.2) is 0 Å². The lowest BCUT2D eigenvalue weighted by atomic mass is 9.65. The number of nitrogens with zero attached hydrogens (tertiary/aromatic N) is 2. The van der Waals surface area contributed by atoms with Crippen molar-refractivity contribution in [2.45, 2.75) is 6.73 Å². The lowest BCUT2D eigenvalue weighted by Crippen LogP contribution is -2.27. The van der Waals surface area contributed by atoms with Crippen LogP contribution < -0.4 is 5.72 Å². The molecule has 22 heavy (non-hydrogen) atoms. The molecule has 1 heterocycles. The molecule has 0 saturated carbocycles. The van der Waals surface area contributed by atoms with Crippen LogP contribution in [-0.4, -0.2) is 21.9 Å². The van der Waals surface area contributed by atoms with Crippen LogP contribution in [0.4, 0.5) is 0 Å². The van der Waals surface area contributed by atoms with Crippen molar-refractivity contribution in [3.63, 3.8) is 0 Å². The molecular formula is C18H17BN2O.